The molecule has 0 aromatic carbocycles. The molecule has 0 amide bonds. The third-order valence-corrected chi connectivity index (χ3v) is 4.22. The van der Waals surface area contributed by atoms with Gasteiger partial charge in [0, 0.05) is 25.7 Å². The average Bonchev–Trinajstić information content (AvgIpc) is 2.56. The first kappa shape index (κ1) is 13.5. The van der Waals surface area contributed by atoms with E-state index in [9.17, 15) is 0 Å². The number of nitrogens with zero attached hydrogens (tertiary/aromatic N) is 5. The smallest absolute Gasteiger partial charge is 0.247 e. The van der Waals surface area contributed by atoms with Gasteiger partial charge in [0.2, 0.25) is 5.95 Å². The van der Waals surface area contributed by atoms with E-state index in [0.717, 1.165) is 51.0 Å². The predicted molar refractivity (Wildman–Crippen MR) is 78.1 cm³/mol. The highest BCUT2D eigenvalue weighted by Gasteiger charge is 2.23. The monoisotopic (exact) mass is 277 g/mol. The molecule has 2 aliphatic heterocycles. The Kier molecular flexibility index (Phi) is 4.30. The van der Waals surface area contributed by atoms with E-state index in [-0.39, 0.29) is 0 Å². The minimum Gasteiger partial charge on any atom is -0.378 e. The van der Waals surface area contributed by atoms with E-state index in [0.29, 0.717) is 6.04 Å². The van der Waals surface area contributed by atoms with Crippen LogP contribution >= 0.6 is 0 Å². The third-order valence-electron chi connectivity index (χ3n) is 4.22. The van der Waals surface area contributed by atoms with E-state index in [2.05, 4.69) is 26.9 Å². The maximum atomic E-state index is 5.37. The normalized spacial score (nSPS) is 23.9. The Balaban J connectivity index is 1.79. The van der Waals surface area contributed by atoms with E-state index in [1.54, 1.807) is 6.20 Å². The van der Waals surface area contributed by atoms with Gasteiger partial charge in [0.1, 0.15) is 0 Å². The van der Waals surface area contributed by atoms with Gasteiger partial charge in [-0.3, -0.25) is 0 Å². The summed E-state index contributed by atoms with van der Waals surface area (Å²) in [7, 11) is 0. The maximum absolute atomic E-state index is 5.37. The number of piperidine rings is 1. The summed E-state index contributed by atoms with van der Waals surface area (Å²) >= 11 is 0. The summed E-state index contributed by atoms with van der Waals surface area (Å²) in [5.74, 6) is 1.72. The van der Waals surface area contributed by atoms with Crippen LogP contribution in [0.5, 0.6) is 0 Å². The number of rotatable bonds is 3. The van der Waals surface area contributed by atoms with E-state index in [4.69, 9.17) is 9.72 Å². The molecule has 0 aliphatic carbocycles. The molecule has 2 aliphatic rings. The zero-order valence-electron chi connectivity index (χ0n) is 12.2. The van der Waals surface area contributed by atoms with Crippen molar-refractivity contribution in [2.45, 2.75) is 38.6 Å². The lowest BCUT2D eigenvalue weighted by Crippen LogP contribution is -2.41. The molecule has 6 nitrogen and oxygen atoms in total. The maximum Gasteiger partial charge on any atom is 0.247 e. The van der Waals surface area contributed by atoms with E-state index in [1.165, 1.54) is 19.3 Å². The minimum absolute atomic E-state index is 0.595. The Hall–Kier alpha value is -1.43. The van der Waals surface area contributed by atoms with Crippen molar-refractivity contribution < 1.29 is 4.74 Å². The molecule has 3 heterocycles. The number of aromatic nitrogens is 3. The third kappa shape index (κ3) is 2.85. The number of anilines is 2. The molecule has 1 atom stereocenters. The van der Waals surface area contributed by atoms with E-state index >= 15 is 0 Å². The van der Waals surface area contributed by atoms with Gasteiger partial charge in [-0.1, -0.05) is 6.92 Å². The first-order valence-electron chi connectivity index (χ1n) is 7.67. The van der Waals surface area contributed by atoms with Crippen LogP contribution in [-0.2, 0) is 4.74 Å². The van der Waals surface area contributed by atoms with Gasteiger partial charge in [-0.05, 0) is 25.7 Å². The van der Waals surface area contributed by atoms with Crippen molar-refractivity contribution in [1.29, 1.82) is 0 Å². The topological polar surface area (TPSA) is 54.4 Å². The second kappa shape index (κ2) is 6.35. The molecule has 1 aromatic heterocycles. The fraction of sp³-hybridized carbons (Fsp3) is 0.786. The van der Waals surface area contributed by atoms with Crippen LogP contribution in [0.3, 0.4) is 0 Å². The highest BCUT2D eigenvalue weighted by atomic mass is 16.5. The molecule has 1 aromatic rings. The van der Waals surface area contributed by atoms with Crippen molar-refractivity contribution in [3.8, 4) is 0 Å². The Morgan fingerprint density at radius 1 is 1.25 bits per heavy atom. The Morgan fingerprint density at radius 3 is 2.90 bits per heavy atom. The molecular formula is C14H23N5O. The fourth-order valence-corrected chi connectivity index (χ4v) is 3.05. The molecule has 2 saturated heterocycles. The van der Waals surface area contributed by atoms with Crippen molar-refractivity contribution in [1.82, 2.24) is 15.2 Å². The van der Waals surface area contributed by atoms with Gasteiger partial charge in [-0.25, -0.2) is 0 Å². The fourth-order valence-electron chi connectivity index (χ4n) is 3.05. The van der Waals surface area contributed by atoms with Crippen molar-refractivity contribution in [2.75, 3.05) is 42.6 Å². The lowest BCUT2D eigenvalue weighted by Gasteiger charge is -2.36. The molecule has 0 N–H and O–H groups in total. The zero-order valence-corrected chi connectivity index (χ0v) is 12.2. The summed E-state index contributed by atoms with van der Waals surface area (Å²) in [6.07, 6.45) is 6.79. The van der Waals surface area contributed by atoms with Crippen LogP contribution in [0.1, 0.15) is 32.6 Å². The van der Waals surface area contributed by atoms with Gasteiger partial charge in [0.05, 0.1) is 19.4 Å². The lowest BCUT2D eigenvalue weighted by atomic mass is 10.0. The largest absolute Gasteiger partial charge is 0.378 e. The van der Waals surface area contributed by atoms with Crippen molar-refractivity contribution in [2.24, 2.45) is 0 Å². The molecule has 110 valence electrons. The van der Waals surface area contributed by atoms with E-state index < -0.39 is 0 Å². The molecule has 0 bridgehead atoms. The number of ether oxygens (including phenoxy) is 1. The zero-order chi connectivity index (χ0) is 13.8. The summed E-state index contributed by atoms with van der Waals surface area (Å²) in [5, 5.41) is 8.36. The SMILES string of the molecule is CCC1CCCCN1c1cnnc(N2CCOCC2)n1. The van der Waals surface area contributed by atoms with Gasteiger partial charge in [0.25, 0.3) is 0 Å². The predicted octanol–water partition coefficient (Wildman–Crippen LogP) is 1.48. The van der Waals surface area contributed by atoms with Crippen LogP contribution in [0, 0.1) is 0 Å². The molecule has 2 fully saturated rings. The van der Waals surface area contributed by atoms with Crippen LogP contribution in [0.2, 0.25) is 0 Å². The van der Waals surface area contributed by atoms with Crippen LogP contribution in [-0.4, -0.2) is 54.1 Å². The van der Waals surface area contributed by atoms with Gasteiger partial charge < -0.3 is 14.5 Å². The van der Waals surface area contributed by atoms with Crippen molar-refractivity contribution >= 4 is 11.8 Å². The molecule has 0 radical (unpaired) electrons. The summed E-state index contributed by atoms with van der Waals surface area (Å²) < 4.78 is 5.37. The average molecular weight is 277 g/mol. The molecule has 1 unspecified atom stereocenters. The standard InChI is InChI=1S/C14H23N5O/c1-2-12-5-3-4-6-19(12)13-11-15-17-14(16-13)18-7-9-20-10-8-18/h11-12H,2-10H2,1H3. The summed E-state index contributed by atoms with van der Waals surface area (Å²) in [5.41, 5.74) is 0. The van der Waals surface area contributed by atoms with Crippen LogP contribution in [0.15, 0.2) is 6.20 Å². The summed E-state index contributed by atoms with van der Waals surface area (Å²) in [6.45, 7) is 6.52. The minimum atomic E-state index is 0.595. The van der Waals surface area contributed by atoms with Crippen LogP contribution < -0.4 is 9.80 Å². The van der Waals surface area contributed by atoms with Gasteiger partial charge in [0.15, 0.2) is 5.82 Å². The van der Waals surface area contributed by atoms with Crippen molar-refractivity contribution in [3.05, 3.63) is 6.20 Å². The van der Waals surface area contributed by atoms with Crippen LogP contribution in [0.4, 0.5) is 11.8 Å². The highest BCUT2D eigenvalue weighted by molar-refractivity contribution is 5.43. The summed E-state index contributed by atoms with van der Waals surface area (Å²) in [6, 6.07) is 0.595. The van der Waals surface area contributed by atoms with Gasteiger partial charge in [-0.2, -0.15) is 10.1 Å². The number of hydrogen-bond donors (Lipinski definition) is 0. The number of morpholine rings is 1. The Bertz CT molecular complexity index is 435. The number of hydrogen-bond acceptors (Lipinski definition) is 6. The second-order valence-electron chi connectivity index (χ2n) is 5.47. The first-order chi connectivity index (χ1) is 9.88. The van der Waals surface area contributed by atoms with Crippen LogP contribution in [0.25, 0.3) is 0 Å². The van der Waals surface area contributed by atoms with Gasteiger partial charge >= 0.3 is 0 Å². The molecule has 6 heteroatoms. The first-order valence-corrected chi connectivity index (χ1v) is 7.67. The summed E-state index contributed by atoms with van der Waals surface area (Å²) in [4.78, 5) is 9.30. The molecular weight excluding hydrogens is 254 g/mol. The van der Waals surface area contributed by atoms with E-state index in [1.807, 2.05) is 0 Å². The lowest BCUT2D eigenvalue weighted by molar-refractivity contribution is 0.122. The molecule has 0 spiro atoms. The Morgan fingerprint density at radius 2 is 2.10 bits per heavy atom. The van der Waals surface area contributed by atoms with Crippen molar-refractivity contribution in [3.63, 3.8) is 0 Å². The molecule has 0 saturated carbocycles. The molecule has 3 rings (SSSR count). The highest BCUT2D eigenvalue weighted by Crippen LogP contribution is 2.25. The quantitative estimate of drug-likeness (QED) is 0.834. The second-order valence-corrected chi connectivity index (χ2v) is 5.47. The van der Waals surface area contributed by atoms with Gasteiger partial charge in [-0.15, -0.1) is 5.10 Å². The Labute approximate surface area is 120 Å². The molecule has 20 heavy (non-hydrogen) atoms.